The van der Waals surface area contributed by atoms with Crippen LogP contribution in [-0.4, -0.2) is 6.54 Å². The van der Waals surface area contributed by atoms with Crippen molar-refractivity contribution in [3.63, 3.8) is 0 Å². The Morgan fingerprint density at radius 2 is 1.45 bits per heavy atom. The van der Waals surface area contributed by atoms with Crippen LogP contribution in [-0.2, 0) is 6.16 Å². The van der Waals surface area contributed by atoms with Crippen LogP contribution in [0.5, 0.6) is 0 Å². The van der Waals surface area contributed by atoms with E-state index in [1.807, 2.05) is 0 Å². The fraction of sp³-hybridized carbons (Fsp3) is 0.647. The Bertz CT molecular complexity index is 292. The monoisotopic (exact) mass is 359 g/mol. The number of hydrogen-bond donors (Lipinski definition) is 1. The van der Waals surface area contributed by atoms with Crippen LogP contribution < -0.4 is 5.09 Å². The molecular weight excluding hydrogens is 329 g/mol. The van der Waals surface area contributed by atoms with Crippen molar-refractivity contribution in [2.75, 3.05) is 6.54 Å². The van der Waals surface area contributed by atoms with Gasteiger partial charge in [-0.15, -0.1) is 17.0 Å². The summed E-state index contributed by atoms with van der Waals surface area (Å²) in [7, 11) is 0.872. The molecule has 0 saturated carbocycles. The van der Waals surface area contributed by atoms with E-state index in [1.54, 1.807) is 0 Å². The highest BCUT2D eigenvalue weighted by atomic mass is 79.9. The second kappa shape index (κ2) is 15.5. The SMILES string of the molecule is Br.CCCCCCCCCCNPCc1ccccc1. The first-order valence-corrected chi connectivity index (χ1v) is 9.14. The van der Waals surface area contributed by atoms with E-state index in [1.165, 1.54) is 69.6 Å². The van der Waals surface area contributed by atoms with Gasteiger partial charge in [-0.2, -0.15) is 0 Å². The molecule has 1 unspecified atom stereocenters. The summed E-state index contributed by atoms with van der Waals surface area (Å²) in [6.45, 7) is 3.47. The normalized spacial score (nSPS) is 10.8. The first kappa shape index (κ1) is 20.1. The third-order valence-electron chi connectivity index (χ3n) is 3.42. The molecular formula is C17H31BrNP. The maximum absolute atomic E-state index is 3.57. The molecule has 116 valence electrons. The summed E-state index contributed by atoms with van der Waals surface area (Å²) in [5.74, 6) is 0. The van der Waals surface area contributed by atoms with Crippen molar-refractivity contribution in [1.82, 2.24) is 5.09 Å². The minimum Gasteiger partial charge on any atom is -0.298 e. The van der Waals surface area contributed by atoms with E-state index in [2.05, 4.69) is 42.3 Å². The molecule has 0 saturated heterocycles. The number of unbranched alkanes of at least 4 members (excludes halogenated alkanes) is 7. The number of halogens is 1. The van der Waals surface area contributed by atoms with Gasteiger partial charge in [0.2, 0.25) is 0 Å². The molecule has 0 bridgehead atoms. The van der Waals surface area contributed by atoms with Gasteiger partial charge in [0.25, 0.3) is 0 Å². The van der Waals surface area contributed by atoms with Gasteiger partial charge in [0.15, 0.2) is 0 Å². The van der Waals surface area contributed by atoms with Crippen molar-refractivity contribution >= 4 is 25.7 Å². The van der Waals surface area contributed by atoms with Gasteiger partial charge in [-0.25, -0.2) is 0 Å². The van der Waals surface area contributed by atoms with Crippen LogP contribution in [0.15, 0.2) is 30.3 Å². The molecule has 1 N–H and O–H groups in total. The predicted molar refractivity (Wildman–Crippen MR) is 99.4 cm³/mol. The Labute approximate surface area is 137 Å². The lowest BCUT2D eigenvalue weighted by molar-refractivity contribution is 0.575. The van der Waals surface area contributed by atoms with Crippen molar-refractivity contribution in [2.45, 2.75) is 64.5 Å². The smallest absolute Gasteiger partial charge is 0.00300 e. The lowest BCUT2D eigenvalue weighted by Gasteiger charge is -2.05. The minimum absolute atomic E-state index is 0. The van der Waals surface area contributed by atoms with Crippen LogP contribution in [0, 0.1) is 0 Å². The summed E-state index contributed by atoms with van der Waals surface area (Å²) in [6, 6.07) is 10.8. The molecule has 0 radical (unpaired) electrons. The fourth-order valence-corrected chi connectivity index (χ4v) is 3.11. The van der Waals surface area contributed by atoms with Gasteiger partial charge in [0, 0.05) is 6.16 Å². The molecule has 0 aliphatic carbocycles. The van der Waals surface area contributed by atoms with E-state index in [0.29, 0.717) is 0 Å². The van der Waals surface area contributed by atoms with Crippen molar-refractivity contribution in [1.29, 1.82) is 0 Å². The molecule has 1 aromatic carbocycles. The van der Waals surface area contributed by atoms with Gasteiger partial charge in [-0.1, -0.05) is 82.2 Å². The maximum Gasteiger partial charge on any atom is 0.00300 e. The van der Waals surface area contributed by atoms with Gasteiger partial charge in [0.05, 0.1) is 0 Å². The van der Waals surface area contributed by atoms with Gasteiger partial charge in [-0.05, 0) is 27.3 Å². The Morgan fingerprint density at radius 1 is 0.850 bits per heavy atom. The summed E-state index contributed by atoms with van der Waals surface area (Å²) in [6.07, 6.45) is 12.4. The van der Waals surface area contributed by atoms with Gasteiger partial charge in [-0.3, -0.25) is 5.09 Å². The number of nitrogens with one attached hydrogen (secondary N) is 1. The van der Waals surface area contributed by atoms with Gasteiger partial charge < -0.3 is 0 Å². The summed E-state index contributed by atoms with van der Waals surface area (Å²) in [5, 5.41) is 3.57. The lowest BCUT2D eigenvalue weighted by Crippen LogP contribution is -2.03. The van der Waals surface area contributed by atoms with Crippen LogP contribution in [0.4, 0.5) is 0 Å². The summed E-state index contributed by atoms with van der Waals surface area (Å²) >= 11 is 0. The summed E-state index contributed by atoms with van der Waals surface area (Å²) < 4.78 is 0. The Morgan fingerprint density at radius 3 is 2.10 bits per heavy atom. The molecule has 0 aliphatic rings. The van der Waals surface area contributed by atoms with Crippen molar-refractivity contribution in [3.8, 4) is 0 Å². The zero-order valence-corrected chi connectivity index (χ0v) is 15.6. The largest absolute Gasteiger partial charge is 0.298 e. The van der Waals surface area contributed by atoms with E-state index >= 15 is 0 Å². The quantitative estimate of drug-likeness (QED) is 0.351. The van der Waals surface area contributed by atoms with E-state index in [0.717, 1.165) is 8.73 Å². The zero-order chi connectivity index (χ0) is 13.6. The Kier molecular flexibility index (Phi) is 15.5. The van der Waals surface area contributed by atoms with Crippen LogP contribution in [0.2, 0.25) is 0 Å². The van der Waals surface area contributed by atoms with E-state index in [4.69, 9.17) is 0 Å². The fourth-order valence-electron chi connectivity index (χ4n) is 2.20. The molecule has 1 atom stereocenters. The van der Waals surface area contributed by atoms with Crippen molar-refractivity contribution in [3.05, 3.63) is 35.9 Å². The van der Waals surface area contributed by atoms with Crippen LogP contribution in [0.3, 0.4) is 0 Å². The van der Waals surface area contributed by atoms with Gasteiger partial charge in [0.1, 0.15) is 0 Å². The number of hydrogen-bond acceptors (Lipinski definition) is 1. The summed E-state index contributed by atoms with van der Waals surface area (Å²) in [4.78, 5) is 0. The second-order valence-corrected chi connectivity index (χ2v) is 6.30. The number of rotatable bonds is 12. The molecule has 3 heteroatoms. The Balaban J connectivity index is 0.00000361. The number of benzene rings is 1. The van der Waals surface area contributed by atoms with E-state index in [9.17, 15) is 0 Å². The highest BCUT2D eigenvalue weighted by molar-refractivity contribution is 8.93. The molecule has 1 aromatic rings. The van der Waals surface area contributed by atoms with Crippen LogP contribution >= 0.6 is 25.7 Å². The molecule has 0 aromatic heterocycles. The standard InChI is InChI=1S/C17H30NP.BrH/c1-2-3-4-5-6-7-8-12-15-18-19-16-17-13-10-9-11-14-17;/h9-11,13-14,18-19H,2-8,12,15-16H2,1H3;1H. The molecule has 1 rings (SSSR count). The molecule has 0 heterocycles. The maximum atomic E-state index is 3.57. The van der Waals surface area contributed by atoms with Crippen molar-refractivity contribution in [2.24, 2.45) is 0 Å². The average Bonchev–Trinajstić information content (AvgIpc) is 2.46. The minimum atomic E-state index is 0. The summed E-state index contributed by atoms with van der Waals surface area (Å²) in [5.41, 5.74) is 1.45. The second-order valence-electron chi connectivity index (χ2n) is 5.24. The van der Waals surface area contributed by atoms with Gasteiger partial charge >= 0.3 is 0 Å². The lowest BCUT2D eigenvalue weighted by atomic mass is 10.1. The Hall–Kier alpha value is 0.0900. The van der Waals surface area contributed by atoms with E-state index in [-0.39, 0.29) is 17.0 Å². The predicted octanol–water partition coefficient (Wildman–Crippen LogP) is 6.09. The molecule has 0 fully saturated rings. The van der Waals surface area contributed by atoms with Crippen molar-refractivity contribution < 1.29 is 0 Å². The highest BCUT2D eigenvalue weighted by Crippen LogP contribution is 2.14. The third kappa shape index (κ3) is 11.9. The average molecular weight is 360 g/mol. The topological polar surface area (TPSA) is 12.0 Å². The third-order valence-corrected chi connectivity index (χ3v) is 4.50. The first-order valence-electron chi connectivity index (χ1n) is 7.93. The molecule has 0 amide bonds. The van der Waals surface area contributed by atoms with Crippen LogP contribution in [0.25, 0.3) is 0 Å². The van der Waals surface area contributed by atoms with Crippen LogP contribution in [0.1, 0.15) is 63.9 Å². The van der Waals surface area contributed by atoms with E-state index < -0.39 is 0 Å². The molecule has 0 spiro atoms. The highest BCUT2D eigenvalue weighted by Gasteiger charge is 1.93. The molecule has 0 aliphatic heterocycles. The zero-order valence-electron chi connectivity index (χ0n) is 12.9. The first-order chi connectivity index (χ1) is 9.43. The molecule has 1 nitrogen and oxygen atoms in total. The molecule has 20 heavy (non-hydrogen) atoms.